The molecule has 0 bridgehead atoms. The molecule has 1 aromatic carbocycles. The number of fused-ring (bicyclic) bond motifs is 1. The molecule has 1 aromatic rings. The molecule has 1 atom stereocenters. The van der Waals surface area contributed by atoms with E-state index in [9.17, 15) is 13.6 Å². The van der Waals surface area contributed by atoms with Crippen LogP contribution >= 0.6 is 15.9 Å². The predicted octanol–water partition coefficient (Wildman–Crippen LogP) is 3.64. The van der Waals surface area contributed by atoms with Gasteiger partial charge in [-0.2, -0.15) is 0 Å². The van der Waals surface area contributed by atoms with Crippen molar-refractivity contribution in [1.82, 2.24) is 4.90 Å². The first kappa shape index (κ1) is 17.3. The highest BCUT2D eigenvalue weighted by Crippen LogP contribution is 2.58. The molecule has 24 heavy (non-hydrogen) atoms. The van der Waals surface area contributed by atoms with Crippen molar-refractivity contribution in [1.29, 1.82) is 0 Å². The number of rotatable bonds is 2. The second-order valence-corrected chi connectivity index (χ2v) is 7.76. The van der Waals surface area contributed by atoms with Crippen molar-refractivity contribution in [2.45, 2.75) is 44.1 Å². The highest BCUT2D eigenvalue weighted by Gasteiger charge is 2.52. The molecule has 0 heterocycles. The lowest BCUT2D eigenvalue weighted by molar-refractivity contribution is -0.114. The topological polar surface area (TPSA) is 58.7 Å². The van der Waals surface area contributed by atoms with E-state index in [1.54, 1.807) is 0 Å². The molecule has 1 saturated carbocycles. The summed E-state index contributed by atoms with van der Waals surface area (Å²) in [5, 5.41) is 0. The van der Waals surface area contributed by atoms with Gasteiger partial charge in [-0.05, 0) is 42.5 Å². The normalized spacial score (nSPS) is 24.7. The molecule has 7 heteroatoms. The number of nitrogens with zero attached hydrogens (tertiary/aromatic N) is 2. The van der Waals surface area contributed by atoms with E-state index in [0.29, 0.717) is 19.3 Å². The Bertz CT molecular complexity index is 682. The summed E-state index contributed by atoms with van der Waals surface area (Å²) in [5.74, 6) is -2.49. The molecule has 2 N–H and O–H groups in total. The Labute approximate surface area is 148 Å². The molecule has 1 unspecified atom stereocenters. The Morgan fingerprint density at radius 2 is 2.04 bits per heavy atom. The predicted molar refractivity (Wildman–Crippen MR) is 91.9 cm³/mol. The lowest BCUT2D eigenvalue weighted by Gasteiger charge is -2.40. The van der Waals surface area contributed by atoms with E-state index < -0.39 is 5.92 Å². The molecular formula is C17H20BrF2N3O. The molecule has 2 aliphatic rings. The van der Waals surface area contributed by atoms with Crippen molar-refractivity contribution in [3.63, 3.8) is 0 Å². The summed E-state index contributed by atoms with van der Waals surface area (Å²) in [7, 11) is 1.53. The fraction of sp³-hybridized carbons (Fsp3) is 0.529. The highest BCUT2D eigenvalue weighted by atomic mass is 79.9. The maximum atomic E-state index is 13.7. The summed E-state index contributed by atoms with van der Waals surface area (Å²) in [5.41, 5.74) is 7.72. The van der Waals surface area contributed by atoms with Gasteiger partial charge in [0, 0.05) is 29.8 Å². The molecule has 0 aliphatic heterocycles. The van der Waals surface area contributed by atoms with Crippen LogP contribution in [0.3, 0.4) is 0 Å². The zero-order chi connectivity index (χ0) is 17.5. The van der Waals surface area contributed by atoms with Crippen molar-refractivity contribution in [3.05, 3.63) is 33.8 Å². The van der Waals surface area contributed by atoms with Gasteiger partial charge in [0.1, 0.15) is 0 Å². The fourth-order valence-electron chi connectivity index (χ4n) is 3.83. The Morgan fingerprint density at radius 1 is 1.38 bits per heavy atom. The van der Waals surface area contributed by atoms with Crippen LogP contribution in [-0.2, 0) is 11.2 Å². The first-order valence-corrected chi connectivity index (χ1v) is 8.73. The number of carbonyl (C=O) groups excluding carboxylic acids is 1. The standard InChI is InChI=1S/C17H20BrF2N3O/c1-23(10-24)15(21)22-14-13-8-12(18)3-2-11(13)9-16(14)4-6-17(19,20)7-5-16/h2-3,8,10,14H,4-7,9H2,1H3,(H2,21,22). The molecule has 1 fully saturated rings. The van der Waals surface area contributed by atoms with Crippen LogP contribution in [0.15, 0.2) is 27.7 Å². The molecule has 0 aromatic heterocycles. The van der Waals surface area contributed by atoms with Crippen LogP contribution in [0.25, 0.3) is 0 Å². The van der Waals surface area contributed by atoms with E-state index in [1.165, 1.54) is 11.9 Å². The number of nitrogens with two attached hydrogens (primary N) is 1. The zero-order valence-electron chi connectivity index (χ0n) is 13.4. The molecule has 1 amide bonds. The molecule has 0 radical (unpaired) electrons. The van der Waals surface area contributed by atoms with E-state index >= 15 is 0 Å². The zero-order valence-corrected chi connectivity index (χ0v) is 15.0. The van der Waals surface area contributed by atoms with Gasteiger partial charge >= 0.3 is 0 Å². The largest absolute Gasteiger partial charge is 0.369 e. The van der Waals surface area contributed by atoms with Gasteiger partial charge in [-0.15, -0.1) is 0 Å². The number of carbonyl (C=O) groups is 1. The Hall–Kier alpha value is -1.50. The lowest BCUT2D eigenvalue weighted by atomic mass is 9.68. The van der Waals surface area contributed by atoms with Gasteiger partial charge in [0.25, 0.3) is 0 Å². The fourth-order valence-corrected chi connectivity index (χ4v) is 4.21. The van der Waals surface area contributed by atoms with Crippen LogP contribution in [0.1, 0.15) is 42.9 Å². The average Bonchev–Trinajstić information content (AvgIpc) is 2.83. The van der Waals surface area contributed by atoms with Gasteiger partial charge in [-0.3, -0.25) is 9.69 Å². The number of guanidine groups is 1. The summed E-state index contributed by atoms with van der Waals surface area (Å²) in [6, 6.07) is 5.66. The van der Waals surface area contributed by atoms with Crippen LogP contribution in [0.4, 0.5) is 8.78 Å². The van der Waals surface area contributed by atoms with Crippen molar-refractivity contribution < 1.29 is 13.6 Å². The molecule has 130 valence electrons. The SMILES string of the molecule is CN(C=O)C(N)=NC1c2cc(Br)ccc2CC12CCC(F)(F)CC2. The number of hydrogen-bond acceptors (Lipinski definition) is 2. The lowest BCUT2D eigenvalue weighted by Crippen LogP contribution is -2.38. The number of amides is 1. The average molecular weight is 400 g/mol. The third-order valence-electron chi connectivity index (χ3n) is 5.28. The summed E-state index contributed by atoms with van der Waals surface area (Å²) in [4.78, 5) is 16.7. The van der Waals surface area contributed by atoms with Crippen LogP contribution in [0.5, 0.6) is 0 Å². The molecular weight excluding hydrogens is 380 g/mol. The second-order valence-electron chi connectivity index (χ2n) is 6.84. The third-order valence-corrected chi connectivity index (χ3v) is 5.78. The monoisotopic (exact) mass is 399 g/mol. The maximum Gasteiger partial charge on any atom is 0.248 e. The summed E-state index contributed by atoms with van der Waals surface area (Å²) in [6.45, 7) is 0. The summed E-state index contributed by atoms with van der Waals surface area (Å²) < 4.78 is 28.3. The minimum absolute atomic E-state index is 0.111. The smallest absolute Gasteiger partial charge is 0.248 e. The van der Waals surface area contributed by atoms with Gasteiger partial charge in [0.05, 0.1) is 6.04 Å². The van der Waals surface area contributed by atoms with Crippen LogP contribution < -0.4 is 5.73 Å². The first-order chi connectivity index (χ1) is 11.3. The van der Waals surface area contributed by atoms with Crippen molar-refractivity contribution in [2.75, 3.05) is 7.05 Å². The minimum Gasteiger partial charge on any atom is -0.369 e. The molecule has 1 spiro atoms. The highest BCUT2D eigenvalue weighted by molar-refractivity contribution is 9.10. The van der Waals surface area contributed by atoms with Crippen LogP contribution in [-0.4, -0.2) is 30.2 Å². The minimum atomic E-state index is -2.60. The maximum absolute atomic E-state index is 13.7. The third kappa shape index (κ3) is 3.06. The Balaban J connectivity index is 2.02. The number of benzene rings is 1. The van der Waals surface area contributed by atoms with Gasteiger partial charge in [-0.25, -0.2) is 13.8 Å². The van der Waals surface area contributed by atoms with E-state index in [-0.39, 0.29) is 30.3 Å². The Morgan fingerprint density at radius 3 is 2.67 bits per heavy atom. The van der Waals surface area contributed by atoms with Gasteiger partial charge in [0.15, 0.2) is 5.96 Å². The molecule has 3 rings (SSSR count). The van der Waals surface area contributed by atoms with Gasteiger partial charge < -0.3 is 5.73 Å². The van der Waals surface area contributed by atoms with E-state index in [1.807, 2.05) is 18.2 Å². The van der Waals surface area contributed by atoms with E-state index in [4.69, 9.17) is 5.73 Å². The van der Waals surface area contributed by atoms with E-state index in [2.05, 4.69) is 20.9 Å². The van der Waals surface area contributed by atoms with Crippen molar-refractivity contribution >= 4 is 28.3 Å². The van der Waals surface area contributed by atoms with Gasteiger partial charge in [-0.1, -0.05) is 22.0 Å². The molecule has 0 saturated heterocycles. The van der Waals surface area contributed by atoms with Crippen LogP contribution in [0.2, 0.25) is 0 Å². The van der Waals surface area contributed by atoms with Crippen molar-refractivity contribution in [3.8, 4) is 0 Å². The number of halogens is 3. The Kier molecular flexibility index (Phi) is 4.40. The second kappa shape index (κ2) is 6.10. The van der Waals surface area contributed by atoms with Crippen molar-refractivity contribution in [2.24, 2.45) is 16.1 Å². The van der Waals surface area contributed by atoms with Crippen LogP contribution in [0, 0.1) is 5.41 Å². The first-order valence-electron chi connectivity index (χ1n) is 7.94. The number of aliphatic imine (C=N–C) groups is 1. The summed E-state index contributed by atoms with van der Waals surface area (Å²) >= 11 is 3.47. The number of alkyl halides is 2. The molecule has 4 nitrogen and oxygen atoms in total. The molecule has 2 aliphatic carbocycles. The quantitative estimate of drug-likeness (QED) is 0.468. The number of hydrogen-bond donors (Lipinski definition) is 1. The van der Waals surface area contributed by atoms with E-state index in [0.717, 1.165) is 22.0 Å². The van der Waals surface area contributed by atoms with Gasteiger partial charge in [0.2, 0.25) is 12.3 Å². The summed E-state index contributed by atoms with van der Waals surface area (Å²) in [6.07, 6.45) is 1.86.